The monoisotopic (exact) mass is 554 g/mol. The number of nitrogens with zero attached hydrogens (tertiary/aromatic N) is 4. The van der Waals surface area contributed by atoms with Gasteiger partial charge in [-0.25, -0.2) is 4.98 Å². The molecule has 0 bridgehead atoms. The maximum Gasteiger partial charge on any atom is 0.311 e. The summed E-state index contributed by atoms with van der Waals surface area (Å²) in [7, 11) is 0. The first-order valence-electron chi connectivity index (χ1n) is 10.7. The third-order valence-corrected chi connectivity index (χ3v) is 6.05. The number of hydrogen-bond acceptors (Lipinski definition) is 6. The molecule has 10 heteroatoms. The van der Waals surface area contributed by atoms with Crippen LogP contribution in [-0.2, 0) is 6.61 Å². The van der Waals surface area contributed by atoms with Crippen LogP contribution in [-0.4, -0.2) is 20.8 Å². The zero-order valence-corrected chi connectivity index (χ0v) is 21.2. The second kappa shape index (κ2) is 10.4. The van der Waals surface area contributed by atoms with Gasteiger partial charge in [-0.1, -0.05) is 59.6 Å². The van der Waals surface area contributed by atoms with Crippen molar-refractivity contribution in [1.29, 1.82) is 0 Å². The topological polar surface area (TPSA) is 99.6 Å². The van der Waals surface area contributed by atoms with Crippen molar-refractivity contribution in [2.24, 2.45) is 5.10 Å². The van der Waals surface area contributed by atoms with Crippen LogP contribution in [0, 0.1) is 10.1 Å². The standard InChI is InChI=1S/C25H20BrClN4O4/c1-15(2)24-29-21-9-8-18(26)12-19(21)25(32)30(24)28-13-16-7-10-23(22(11-16)31(33)34)35-14-17-5-3-4-6-20(17)27/h3-13,15H,14H2,1-2H3. The van der Waals surface area contributed by atoms with Crippen LogP contribution in [0.1, 0.15) is 36.7 Å². The lowest BCUT2D eigenvalue weighted by atomic mass is 10.2. The van der Waals surface area contributed by atoms with E-state index in [1.54, 1.807) is 36.4 Å². The van der Waals surface area contributed by atoms with Gasteiger partial charge >= 0.3 is 5.69 Å². The summed E-state index contributed by atoms with van der Waals surface area (Å²) in [5.41, 5.74) is 1.16. The first kappa shape index (κ1) is 24.6. The Morgan fingerprint density at radius 2 is 1.97 bits per heavy atom. The quantitative estimate of drug-likeness (QED) is 0.151. The van der Waals surface area contributed by atoms with E-state index in [1.807, 2.05) is 26.0 Å². The summed E-state index contributed by atoms with van der Waals surface area (Å²) < 4.78 is 7.65. The van der Waals surface area contributed by atoms with Crippen molar-refractivity contribution in [3.63, 3.8) is 0 Å². The van der Waals surface area contributed by atoms with Crippen LogP contribution in [0.5, 0.6) is 5.75 Å². The van der Waals surface area contributed by atoms with Crippen molar-refractivity contribution >= 4 is 50.3 Å². The summed E-state index contributed by atoms with van der Waals surface area (Å²) in [6.45, 7) is 3.91. The molecule has 0 atom stereocenters. The molecular weight excluding hydrogens is 536 g/mol. The van der Waals surface area contributed by atoms with E-state index in [9.17, 15) is 14.9 Å². The fraction of sp³-hybridized carbons (Fsp3) is 0.160. The molecule has 1 heterocycles. The predicted octanol–water partition coefficient (Wildman–Crippen LogP) is 6.31. The van der Waals surface area contributed by atoms with E-state index in [0.717, 1.165) is 4.47 Å². The number of rotatable bonds is 7. The van der Waals surface area contributed by atoms with Crippen LogP contribution in [0.2, 0.25) is 5.02 Å². The minimum atomic E-state index is -0.528. The lowest BCUT2D eigenvalue weighted by Gasteiger charge is -2.12. The van der Waals surface area contributed by atoms with Crippen LogP contribution in [0.25, 0.3) is 10.9 Å². The summed E-state index contributed by atoms with van der Waals surface area (Å²) in [5.74, 6) is 0.502. The highest BCUT2D eigenvalue weighted by Crippen LogP contribution is 2.29. The van der Waals surface area contributed by atoms with Gasteiger partial charge < -0.3 is 4.74 Å². The molecule has 0 aliphatic carbocycles. The molecule has 0 amide bonds. The van der Waals surface area contributed by atoms with E-state index in [4.69, 9.17) is 16.3 Å². The Labute approximate surface area is 214 Å². The van der Waals surface area contributed by atoms with Crippen molar-refractivity contribution in [3.05, 3.63) is 108 Å². The molecule has 0 saturated carbocycles. The highest BCUT2D eigenvalue weighted by Gasteiger charge is 2.17. The first-order valence-corrected chi connectivity index (χ1v) is 11.8. The van der Waals surface area contributed by atoms with Crippen LogP contribution in [0.4, 0.5) is 5.69 Å². The van der Waals surface area contributed by atoms with Crippen molar-refractivity contribution in [2.75, 3.05) is 0 Å². The number of nitro benzene ring substituents is 1. The summed E-state index contributed by atoms with van der Waals surface area (Å²) >= 11 is 9.52. The van der Waals surface area contributed by atoms with E-state index >= 15 is 0 Å². The van der Waals surface area contributed by atoms with Crippen molar-refractivity contribution in [2.45, 2.75) is 26.4 Å². The summed E-state index contributed by atoms with van der Waals surface area (Å²) in [5, 5.41) is 16.9. The van der Waals surface area contributed by atoms with E-state index in [1.165, 1.54) is 23.0 Å². The summed E-state index contributed by atoms with van der Waals surface area (Å²) in [4.78, 5) is 28.9. The molecule has 0 aliphatic heterocycles. The summed E-state index contributed by atoms with van der Waals surface area (Å²) in [6, 6.07) is 16.9. The molecular formula is C25H20BrClN4O4. The van der Waals surface area contributed by atoms with Gasteiger partial charge in [0.2, 0.25) is 0 Å². The van der Waals surface area contributed by atoms with Gasteiger partial charge in [0.05, 0.1) is 22.0 Å². The molecule has 35 heavy (non-hydrogen) atoms. The summed E-state index contributed by atoms with van der Waals surface area (Å²) in [6.07, 6.45) is 1.39. The van der Waals surface area contributed by atoms with Crippen LogP contribution >= 0.6 is 27.5 Å². The highest BCUT2D eigenvalue weighted by molar-refractivity contribution is 9.10. The lowest BCUT2D eigenvalue weighted by Crippen LogP contribution is -2.23. The fourth-order valence-corrected chi connectivity index (χ4v) is 3.98. The Hall–Kier alpha value is -3.56. The van der Waals surface area contributed by atoms with Gasteiger partial charge in [0.25, 0.3) is 5.56 Å². The van der Waals surface area contributed by atoms with E-state index in [2.05, 4.69) is 26.0 Å². The minimum Gasteiger partial charge on any atom is -0.482 e. The van der Waals surface area contributed by atoms with E-state index in [0.29, 0.717) is 32.9 Å². The number of ether oxygens (including phenoxy) is 1. The molecule has 0 spiro atoms. The largest absolute Gasteiger partial charge is 0.482 e. The molecule has 3 aromatic carbocycles. The predicted molar refractivity (Wildman–Crippen MR) is 140 cm³/mol. The Morgan fingerprint density at radius 3 is 2.69 bits per heavy atom. The Balaban J connectivity index is 1.68. The normalized spacial score (nSPS) is 11.5. The lowest BCUT2D eigenvalue weighted by molar-refractivity contribution is -0.385. The van der Waals surface area contributed by atoms with Gasteiger partial charge in [-0.3, -0.25) is 14.9 Å². The second-order valence-corrected chi connectivity index (χ2v) is 9.33. The Kier molecular flexibility index (Phi) is 7.28. The average Bonchev–Trinajstić information content (AvgIpc) is 2.83. The van der Waals surface area contributed by atoms with E-state index in [-0.39, 0.29) is 29.5 Å². The van der Waals surface area contributed by atoms with Crippen molar-refractivity contribution in [1.82, 2.24) is 9.66 Å². The van der Waals surface area contributed by atoms with Gasteiger partial charge in [0.15, 0.2) is 5.75 Å². The molecule has 4 rings (SSSR count). The Bertz CT molecular complexity index is 1520. The van der Waals surface area contributed by atoms with Crippen LogP contribution in [0.15, 0.2) is 75.0 Å². The van der Waals surface area contributed by atoms with Crippen molar-refractivity contribution < 1.29 is 9.66 Å². The third-order valence-electron chi connectivity index (χ3n) is 5.19. The molecule has 4 aromatic rings. The highest BCUT2D eigenvalue weighted by atomic mass is 79.9. The van der Waals surface area contributed by atoms with Gasteiger partial charge in [-0.05, 0) is 36.4 Å². The molecule has 1 aromatic heterocycles. The number of hydrogen-bond donors (Lipinski definition) is 0. The molecule has 0 N–H and O–H groups in total. The molecule has 0 saturated heterocycles. The number of aromatic nitrogens is 2. The maximum absolute atomic E-state index is 13.2. The van der Waals surface area contributed by atoms with Crippen molar-refractivity contribution in [3.8, 4) is 5.75 Å². The van der Waals surface area contributed by atoms with Gasteiger partial charge in [-0.15, -0.1) is 0 Å². The van der Waals surface area contributed by atoms with Gasteiger partial charge in [0.1, 0.15) is 12.4 Å². The molecule has 0 aliphatic rings. The molecule has 0 unspecified atom stereocenters. The molecule has 0 fully saturated rings. The zero-order chi connectivity index (χ0) is 25.1. The number of halogens is 2. The number of nitro groups is 1. The van der Waals surface area contributed by atoms with Crippen LogP contribution in [0.3, 0.4) is 0 Å². The molecule has 8 nitrogen and oxygen atoms in total. The maximum atomic E-state index is 13.2. The fourth-order valence-electron chi connectivity index (χ4n) is 3.43. The average molecular weight is 556 g/mol. The zero-order valence-electron chi connectivity index (χ0n) is 18.8. The van der Waals surface area contributed by atoms with E-state index < -0.39 is 4.92 Å². The Morgan fingerprint density at radius 1 is 1.20 bits per heavy atom. The third kappa shape index (κ3) is 5.41. The number of benzene rings is 3. The van der Waals surface area contributed by atoms with Gasteiger partial charge in [0, 0.05) is 32.6 Å². The molecule has 178 valence electrons. The minimum absolute atomic E-state index is 0.0807. The second-order valence-electron chi connectivity index (χ2n) is 8.01. The smallest absolute Gasteiger partial charge is 0.311 e. The SMILES string of the molecule is CC(C)c1nc2ccc(Br)cc2c(=O)n1N=Cc1ccc(OCc2ccccc2Cl)c([N+](=O)[O-])c1. The number of fused-ring (bicyclic) bond motifs is 1. The molecule has 0 radical (unpaired) electrons. The van der Waals surface area contributed by atoms with Gasteiger partial charge in [-0.2, -0.15) is 9.78 Å². The van der Waals surface area contributed by atoms with Crippen LogP contribution < -0.4 is 10.3 Å². The first-order chi connectivity index (χ1) is 16.7.